The summed E-state index contributed by atoms with van der Waals surface area (Å²) in [6.07, 6.45) is 5.14. The Morgan fingerprint density at radius 2 is 1.70 bits per heavy atom. The number of carbonyl (C=O) groups excluding carboxylic acids is 2. The zero-order valence-corrected chi connectivity index (χ0v) is 17.8. The van der Waals surface area contributed by atoms with Crippen LogP contribution in [-0.4, -0.2) is 32.6 Å². The Labute approximate surface area is 177 Å². The Morgan fingerprint density at radius 3 is 2.37 bits per heavy atom. The Hall–Kier alpha value is -3.48. The van der Waals surface area contributed by atoms with E-state index in [2.05, 4.69) is 17.6 Å². The van der Waals surface area contributed by atoms with Crippen LogP contribution in [0.1, 0.15) is 32.3 Å². The Bertz CT molecular complexity index is 908. The van der Waals surface area contributed by atoms with Gasteiger partial charge in [0.2, 0.25) is 11.8 Å². The molecule has 0 bridgehead atoms. The number of nitrogens with one attached hydrogen (secondary N) is 2. The van der Waals surface area contributed by atoms with Gasteiger partial charge < -0.3 is 24.8 Å². The molecule has 30 heavy (non-hydrogen) atoms. The number of anilines is 2. The highest BCUT2D eigenvalue weighted by molar-refractivity contribution is 6.02. The van der Waals surface area contributed by atoms with Crippen LogP contribution in [0.3, 0.4) is 0 Å². The molecule has 2 rings (SSSR count). The molecular formula is C23H28N2O5. The molecule has 0 heterocycles. The van der Waals surface area contributed by atoms with Crippen molar-refractivity contribution in [2.24, 2.45) is 0 Å². The van der Waals surface area contributed by atoms with Gasteiger partial charge in [0, 0.05) is 18.7 Å². The van der Waals surface area contributed by atoms with Crippen LogP contribution >= 0.6 is 0 Å². The van der Waals surface area contributed by atoms with E-state index >= 15 is 0 Å². The fraction of sp³-hybridized carbons (Fsp3) is 0.304. The monoisotopic (exact) mass is 412 g/mol. The number of methoxy groups -OCH3 is 2. The van der Waals surface area contributed by atoms with Crippen LogP contribution < -0.4 is 24.8 Å². The predicted octanol–water partition coefficient (Wildman–Crippen LogP) is 4.49. The van der Waals surface area contributed by atoms with Crippen LogP contribution in [0.4, 0.5) is 11.4 Å². The van der Waals surface area contributed by atoms with Crippen LogP contribution in [-0.2, 0) is 9.59 Å². The maximum absolute atomic E-state index is 12.3. The van der Waals surface area contributed by atoms with Crippen LogP contribution in [0.15, 0.2) is 42.5 Å². The van der Waals surface area contributed by atoms with Crippen molar-refractivity contribution in [2.75, 3.05) is 31.5 Å². The summed E-state index contributed by atoms with van der Waals surface area (Å²) in [5.41, 5.74) is 1.82. The first-order valence-electron chi connectivity index (χ1n) is 9.72. The van der Waals surface area contributed by atoms with E-state index in [4.69, 9.17) is 14.2 Å². The first-order chi connectivity index (χ1) is 14.5. The molecule has 0 aromatic heterocycles. The van der Waals surface area contributed by atoms with Gasteiger partial charge in [0.1, 0.15) is 5.75 Å². The van der Waals surface area contributed by atoms with E-state index in [1.54, 1.807) is 31.4 Å². The smallest absolute Gasteiger partial charge is 0.248 e. The number of ether oxygens (including phenoxy) is 3. The summed E-state index contributed by atoms with van der Waals surface area (Å²) in [5.74, 6) is 1.26. The third-order valence-electron chi connectivity index (χ3n) is 4.15. The van der Waals surface area contributed by atoms with Gasteiger partial charge in [-0.05, 0) is 48.4 Å². The van der Waals surface area contributed by atoms with Crippen molar-refractivity contribution in [3.8, 4) is 17.2 Å². The second-order valence-electron chi connectivity index (χ2n) is 6.53. The van der Waals surface area contributed by atoms with E-state index in [1.165, 1.54) is 20.1 Å². The van der Waals surface area contributed by atoms with Crippen molar-refractivity contribution in [3.63, 3.8) is 0 Å². The highest BCUT2D eigenvalue weighted by atomic mass is 16.5. The summed E-state index contributed by atoms with van der Waals surface area (Å²) in [7, 11) is 3.09. The van der Waals surface area contributed by atoms with Gasteiger partial charge in [-0.15, -0.1) is 0 Å². The number of benzene rings is 2. The van der Waals surface area contributed by atoms with Gasteiger partial charge >= 0.3 is 0 Å². The molecule has 0 saturated carbocycles. The van der Waals surface area contributed by atoms with E-state index in [9.17, 15) is 9.59 Å². The Kier molecular flexibility index (Phi) is 8.75. The summed E-state index contributed by atoms with van der Waals surface area (Å²) in [5, 5.41) is 5.44. The van der Waals surface area contributed by atoms with Gasteiger partial charge in [-0.1, -0.05) is 19.4 Å². The van der Waals surface area contributed by atoms with Crippen molar-refractivity contribution in [3.05, 3.63) is 48.0 Å². The minimum absolute atomic E-state index is 0.229. The van der Waals surface area contributed by atoms with Crippen molar-refractivity contribution < 1.29 is 23.8 Å². The highest BCUT2D eigenvalue weighted by Gasteiger charge is 2.08. The zero-order valence-electron chi connectivity index (χ0n) is 17.8. The molecule has 2 aromatic carbocycles. The first kappa shape index (κ1) is 22.8. The maximum Gasteiger partial charge on any atom is 0.248 e. The summed E-state index contributed by atoms with van der Waals surface area (Å²) in [6.45, 7) is 4.14. The molecule has 7 nitrogen and oxygen atoms in total. The summed E-state index contributed by atoms with van der Waals surface area (Å²) >= 11 is 0. The molecule has 0 spiro atoms. The first-order valence-corrected chi connectivity index (χ1v) is 9.72. The van der Waals surface area contributed by atoms with Crippen molar-refractivity contribution >= 4 is 29.3 Å². The topological polar surface area (TPSA) is 85.9 Å². The largest absolute Gasteiger partial charge is 0.495 e. The van der Waals surface area contributed by atoms with Gasteiger partial charge in [0.15, 0.2) is 11.5 Å². The van der Waals surface area contributed by atoms with Crippen molar-refractivity contribution in [1.82, 2.24) is 0 Å². The number of hydrogen-bond donors (Lipinski definition) is 2. The molecule has 2 aromatic rings. The lowest BCUT2D eigenvalue weighted by atomic mass is 10.2. The van der Waals surface area contributed by atoms with Crippen LogP contribution in [0, 0.1) is 0 Å². The van der Waals surface area contributed by atoms with E-state index in [0.717, 1.165) is 18.4 Å². The second-order valence-corrected chi connectivity index (χ2v) is 6.53. The van der Waals surface area contributed by atoms with Gasteiger partial charge in [-0.25, -0.2) is 0 Å². The van der Waals surface area contributed by atoms with Crippen molar-refractivity contribution in [1.29, 1.82) is 0 Å². The lowest BCUT2D eigenvalue weighted by Gasteiger charge is -2.11. The minimum Gasteiger partial charge on any atom is -0.495 e. The van der Waals surface area contributed by atoms with E-state index in [-0.39, 0.29) is 11.8 Å². The summed E-state index contributed by atoms with van der Waals surface area (Å²) < 4.78 is 16.3. The fourth-order valence-corrected chi connectivity index (χ4v) is 2.66. The van der Waals surface area contributed by atoms with Gasteiger partial charge in [0.05, 0.1) is 26.5 Å². The molecule has 0 radical (unpaired) electrons. The molecule has 0 unspecified atom stereocenters. The molecule has 0 aliphatic carbocycles. The molecule has 2 N–H and O–H groups in total. The number of carbonyl (C=O) groups is 2. The lowest BCUT2D eigenvalue weighted by molar-refractivity contribution is -0.114. The molecule has 0 atom stereocenters. The SMILES string of the molecule is CCCCOc1ccc(/C=C/C(=O)Nc2ccc(OC)c(NC(C)=O)c2)cc1OC. The highest BCUT2D eigenvalue weighted by Crippen LogP contribution is 2.29. The third kappa shape index (κ3) is 6.84. The van der Waals surface area contributed by atoms with E-state index < -0.39 is 0 Å². The van der Waals surface area contributed by atoms with Gasteiger partial charge in [0.25, 0.3) is 0 Å². The van der Waals surface area contributed by atoms with Crippen molar-refractivity contribution in [2.45, 2.75) is 26.7 Å². The lowest BCUT2D eigenvalue weighted by Crippen LogP contribution is -2.10. The van der Waals surface area contributed by atoms with Gasteiger partial charge in [-0.3, -0.25) is 9.59 Å². The Morgan fingerprint density at radius 1 is 0.967 bits per heavy atom. The van der Waals surface area contributed by atoms with Gasteiger partial charge in [-0.2, -0.15) is 0 Å². The average Bonchev–Trinajstić information content (AvgIpc) is 2.72. The minimum atomic E-state index is -0.309. The quantitative estimate of drug-likeness (QED) is 0.443. The van der Waals surface area contributed by atoms with E-state index in [1.807, 2.05) is 18.2 Å². The molecule has 160 valence electrons. The van der Waals surface area contributed by atoms with E-state index in [0.29, 0.717) is 35.2 Å². The molecule has 0 saturated heterocycles. The second kappa shape index (κ2) is 11.5. The number of rotatable bonds is 10. The molecule has 7 heteroatoms. The number of hydrogen-bond acceptors (Lipinski definition) is 5. The predicted molar refractivity (Wildman–Crippen MR) is 118 cm³/mol. The molecule has 0 aliphatic rings. The standard InChI is InChI=1S/C23H28N2O5/c1-5-6-13-30-21-10-7-17(14-22(21)29-4)8-12-23(27)25-18-9-11-20(28-3)19(15-18)24-16(2)26/h7-12,14-15H,5-6,13H2,1-4H3,(H,24,26)(H,25,27)/b12-8+. The number of unbranched alkanes of at least 4 members (excludes halogenated alkanes) is 1. The average molecular weight is 412 g/mol. The van der Waals surface area contributed by atoms with Crippen LogP contribution in [0.5, 0.6) is 17.2 Å². The fourth-order valence-electron chi connectivity index (χ4n) is 2.66. The molecular weight excluding hydrogens is 384 g/mol. The molecule has 0 fully saturated rings. The summed E-state index contributed by atoms with van der Waals surface area (Å²) in [6, 6.07) is 10.5. The Balaban J connectivity index is 2.06. The van der Waals surface area contributed by atoms with Crippen LogP contribution in [0.2, 0.25) is 0 Å². The molecule has 0 aliphatic heterocycles. The number of amides is 2. The third-order valence-corrected chi connectivity index (χ3v) is 4.15. The van der Waals surface area contributed by atoms with Crippen LogP contribution in [0.25, 0.3) is 6.08 Å². The molecule has 2 amide bonds. The summed E-state index contributed by atoms with van der Waals surface area (Å²) in [4.78, 5) is 23.6. The zero-order chi connectivity index (χ0) is 21.9. The maximum atomic E-state index is 12.3. The normalized spacial score (nSPS) is 10.5.